The number of carbonyl (C=O) groups excluding carboxylic acids is 2. The standard InChI is InChI=1S/C13H16N2O4/c1-2-14-12(17)19-13(18)8-9-15(11(13)16)10-6-4-3-5-7-10/h3-7,18H,2,8-9H2,1H3,(H,14,17)/t13-/m0/s1. The summed E-state index contributed by atoms with van der Waals surface area (Å²) < 4.78 is 4.82. The number of aliphatic hydroxyl groups is 1. The highest BCUT2D eigenvalue weighted by Gasteiger charge is 2.49. The summed E-state index contributed by atoms with van der Waals surface area (Å²) in [4.78, 5) is 24.9. The van der Waals surface area contributed by atoms with Crippen LogP contribution in [0, 0.1) is 0 Å². The van der Waals surface area contributed by atoms with Crippen molar-refractivity contribution in [2.45, 2.75) is 19.1 Å². The predicted octanol–water partition coefficient (Wildman–Crippen LogP) is 0.858. The van der Waals surface area contributed by atoms with Crippen molar-refractivity contribution in [2.24, 2.45) is 0 Å². The molecule has 1 aliphatic rings. The Morgan fingerprint density at radius 2 is 2.16 bits per heavy atom. The number of hydrogen-bond donors (Lipinski definition) is 2. The number of hydrogen-bond acceptors (Lipinski definition) is 4. The molecule has 1 aliphatic heterocycles. The first-order valence-electron chi connectivity index (χ1n) is 6.13. The van der Waals surface area contributed by atoms with Gasteiger partial charge in [-0.3, -0.25) is 4.79 Å². The van der Waals surface area contributed by atoms with Gasteiger partial charge >= 0.3 is 6.09 Å². The largest absolute Gasteiger partial charge is 0.410 e. The van der Waals surface area contributed by atoms with E-state index in [0.717, 1.165) is 0 Å². The molecule has 102 valence electrons. The molecule has 1 heterocycles. The van der Waals surface area contributed by atoms with Crippen molar-refractivity contribution in [3.05, 3.63) is 30.3 Å². The summed E-state index contributed by atoms with van der Waals surface area (Å²) in [6.45, 7) is 2.39. The zero-order valence-electron chi connectivity index (χ0n) is 10.6. The third-order valence-corrected chi connectivity index (χ3v) is 2.90. The Morgan fingerprint density at radius 3 is 2.79 bits per heavy atom. The molecule has 2 rings (SSSR count). The fourth-order valence-electron chi connectivity index (χ4n) is 1.97. The van der Waals surface area contributed by atoms with Gasteiger partial charge in [-0.15, -0.1) is 0 Å². The van der Waals surface area contributed by atoms with Crippen LogP contribution in [0.4, 0.5) is 10.5 Å². The van der Waals surface area contributed by atoms with Crippen molar-refractivity contribution in [3.8, 4) is 0 Å². The highest BCUT2D eigenvalue weighted by atomic mass is 16.7. The van der Waals surface area contributed by atoms with Crippen molar-refractivity contribution >= 4 is 17.7 Å². The van der Waals surface area contributed by atoms with Crippen LogP contribution in [0.15, 0.2) is 30.3 Å². The van der Waals surface area contributed by atoms with E-state index in [1.807, 2.05) is 6.07 Å². The van der Waals surface area contributed by atoms with Crippen LogP contribution < -0.4 is 10.2 Å². The van der Waals surface area contributed by atoms with Gasteiger partial charge < -0.3 is 20.1 Å². The Labute approximate surface area is 111 Å². The van der Waals surface area contributed by atoms with Gasteiger partial charge in [-0.2, -0.15) is 0 Å². The summed E-state index contributed by atoms with van der Waals surface area (Å²) in [5.41, 5.74) is 0.669. The van der Waals surface area contributed by atoms with E-state index >= 15 is 0 Å². The van der Waals surface area contributed by atoms with Crippen LogP contribution in [0.3, 0.4) is 0 Å². The van der Waals surface area contributed by atoms with Gasteiger partial charge in [0.1, 0.15) is 0 Å². The molecule has 0 saturated carbocycles. The van der Waals surface area contributed by atoms with Gasteiger partial charge in [-0.1, -0.05) is 18.2 Å². The Balaban J connectivity index is 2.11. The summed E-state index contributed by atoms with van der Waals surface area (Å²) in [6.07, 6.45) is -0.744. The summed E-state index contributed by atoms with van der Waals surface area (Å²) in [7, 11) is 0. The maximum absolute atomic E-state index is 12.1. The molecule has 6 nitrogen and oxygen atoms in total. The fourth-order valence-corrected chi connectivity index (χ4v) is 1.97. The molecule has 1 aromatic carbocycles. The highest BCUT2D eigenvalue weighted by Crippen LogP contribution is 2.29. The molecule has 0 aliphatic carbocycles. The number of ether oxygens (including phenoxy) is 1. The first kappa shape index (κ1) is 13.4. The first-order chi connectivity index (χ1) is 9.07. The number of nitrogens with zero attached hydrogens (tertiary/aromatic N) is 1. The first-order valence-corrected chi connectivity index (χ1v) is 6.13. The average Bonchev–Trinajstić information content (AvgIpc) is 2.67. The van der Waals surface area contributed by atoms with E-state index < -0.39 is 17.8 Å². The number of benzene rings is 1. The van der Waals surface area contributed by atoms with Crippen molar-refractivity contribution in [2.75, 3.05) is 18.0 Å². The van der Waals surface area contributed by atoms with E-state index in [4.69, 9.17) is 4.74 Å². The lowest BCUT2D eigenvalue weighted by Gasteiger charge is -2.22. The van der Waals surface area contributed by atoms with E-state index in [1.165, 1.54) is 4.90 Å². The summed E-state index contributed by atoms with van der Waals surface area (Å²) in [5, 5.41) is 12.5. The van der Waals surface area contributed by atoms with Crippen LogP contribution >= 0.6 is 0 Å². The minimum absolute atomic E-state index is 0.0534. The van der Waals surface area contributed by atoms with Crippen LogP contribution in [0.25, 0.3) is 0 Å². The molecule has 2 amide bonds. The maximum atomic E-state index is 12.1. The van der Waals surface area contributed by atoms with Gasteiger partial charge in [-0.05, 0) is 19.1 Å². The summed E-state index contributed by atoms with van der Waals surface area (Å²) in [5.74, 6) is -2.69. The second-order valence-electron chi connectivity index (χ2n) is 4.25. The molecule has 1 atom stereocenters. The number of rotatable bonds is 3. The van der Waals surface area contributed by atoms with E-state index in [-0.39, 0.29) is 6.42 Å². The van der Waals surface area contributed by atoms with Crippen molar-refractivity contribution < 1.29 is 19.4 Å². The number of nitrogens with one attached hydrogen (secondary N) is 1. The number of carbonyl (C=O) groups is 2. The number of alkyl carbamates (subject to hydrolysis) is 1. The van der Waals surface area contributed by atoms with Crippen LogP contribution in [0.5, 0.6) is 0 Å². The van der Waals surface area contributed by atoms with E-state index in [1.54, 1.807) is 31.2 Å². The zero-order valence-corrected chi connectivity index (χ0v) is 10.6. The minimum atomic E-state index is -2.07. The Morgan fingerprint density at radius 1 is 1.47 bits per heavy atom. The third kappa shape index (κ3) is 2.68. The van der Waals surface area contributed by atoms with Crippen LogP contribution in [0.2, 0.25) is 0 Å². The molecule has 1 fully saturated rings. The van der Waals surface area contributed by atoms with Crippen molar-refractivity contribution in [1.29, 1.82) is 0 Å². The molecule has 1 saturated heterocycles. The van der Waals surface area contributed by atoms with E-state index in [9.17, 15) is 14.7 Å². The third-order valence-electron chi connectivity index (χ3n) is 2.90. The smallest absolute Gasteiger partial charge is 0.407 e. The number of para-hydroxylation sites is 1. The Hall–Kier alpha value is -2.08. The van der Waals surface area contributed by atoms with Gasteiger partial charge in [0, 0.05) is 25.2 Å². The normalized spacial score (nSPS) is 22.4. The van der Waals surface area contributed by atoms with Crippen LogP contribution in [-0.4, -0.2) is 36.0 Å². The molecule has 0 aromatic heterocycles. The number of amides is 2. The summed E-state index contributed by atoms with van der Waals surface area (Å²) >= 11 is 0. The monoisotopic (exact) mass is 264 g/mol. The SMILES string of the molecule is CCNC(=O)O[C@@]1(O)CCN(c2ccccc2)C1=O. The fraction of sp³-hybridized carbons (Fsp3) is 0.385. The van der Waals surface area contributed by atoms with Gasteiger partial charge in [0.15, 0.2) is 0 Å². The molecular weight excluding hydrogens is 248 g/mol. The molecule has 2 N–H and O–H groups in total. The van der Waals surface area contributed by atoms with Crippen LogP contribution in [-0.2, 0) is 9.53 Å². The zero-order chi connectivity index (χ0) is 13.9. The highest BCUT2D eigenvalue weighted by molar-refractivity contribution is 6.01. The second-order valence-corrected chi connectivity index (χ2v) is 4.25. The summed E-state index contributed by atoms with van der Waals surface area (Å²) in [6, 6.07) is 8.95. The lowest BCUT2D eigenvalue weighted by molar-refractivity contribution is -0.175. The molecular formula is C13H16N2O4. The molecule has 0 radical (unpaired) electrons. The molecule has 1 aromatic rings. The second kappa shape index (κ2) is 5.27. The van der Waals surface area contributed by atoms with E-state index in [0.29, 0.717) is 18.8 Å². The Bertz CT molecular complexity index is 477. The van der Waals surface area contributed by atoms with Crippen LogP contribution in [0.1, 0.15) is 13.3 Å². The van der Waals surface area contributed by atoms with Gasteiger partial charge in [-0.25, -0.2) is 4.79 Å². The number of anilines is 1. The lowest BCUT2D eigenvalue weighted by Crippen LogP contribution is -2.46. The topological polar surface area (TPSA) is 78.9 Å². The average molecular weight is 264 g/mol. The van der Waals surface area contributed by atoms with Crippen molar-refractivity contribution in [3.63, 3.8) is 0 Å². The molecule has 6 heteroatoms. The van der Waals surface area contributed by atoms with Gasteiger partial charge in [0.25, 0.3) is 11.7 Å². The predicted molar refractivity (Wildman–Crippen MR) is 68.5 cm³/mol. The maximum Gasteiger partial charge on any atom is 0.410 e. The van der Waals surface area contributed by atoms with E-state index in [2.05, 4.69) is 5.32 Å². The lowest BCUT2D eigenvalue weighted by atomic mass is 10.2. The molecule has 0 unspecified atom stereocenters. The quantitative estimate of drug-likeness (QED) is 0.794. The molecule has 0 spiro atoms. The van der Waals surface area contributed by atoms with Gasteiger partial charge in [0.05, 0.1) is 0 Å². The minimum Gasteiger partial charge on any atom is -0.407 e. The molecule has 19 heavy (non-hydrogen) atoms. The molecule has 0 bridgehead atoms. The van der Waals surface area contributed by atoms with Gasteiger partial charge in [0.2, 0.25) is 0 Å². The van der Waals surface area contributed by atoms with Crippen molar-refractivity contribution in [1.82, 2.24) is 5.32 Å². The Kier molecular flexibility index (Phi) is 3.71.